The summed E-state index contributed by atoms with van der Waals surface area (Å²) in [6, 6.07) is 20.9. The molecule has 0 radical (unpaired) electrons. The molecule has 0 aliphatic carbocycles. The smallest absolute Gasteiger partial charge is 0.264 e. The van der Waals surface area contributed by atoms with Crippen LogP contribution in [0.3, 0.4) is 0 Å². The molecule has 1 saturated heterocycles. The summed E-state index contributed by atoms with van der Waals surface area (Å²) in [5.41, 5.74) is 3.45. The topological polar surface area (TPSA) is 79.0 Å². The van der Waals surface area contributed by atoms with Crippen molar-refractivity contribution in [2.75, 3.05) is 47.9 Å². The number of ether oxygens (including phenoxy) is 1. The first-order chi connectivity index (χ1) is 15.9. The van der Waals surface area contributed by atoms with Crippen molar-refractivity contribution in [1.82, 2.24) is 0 Å². The third-order valence-corrected chi connectivity index (χ3v) is 7.44. The minimum absolute atomic E-state index is 0.0553. The summed E-state index contributed by atoms with van der Waals surface area (Å²) in [6.45, 7) is 4.70. The maximum atomic E-state index is 13.2. The van der Waals surface area contributed by atoms with Crippen molar-refractivity contribution in [3.8, 4) is 0 Å². The number of nitrogens with zero attached hydrogens (tertiary/aromatic N) is 2. The fraction of sp³-hybridized carbons (Fsp3) is 0.240. The summed E-state index contributed by atoms with van der Waals surface area (Å²) >= 11 is 0. The van der Waals surface area contributed by atoms with Crippen molar-refractivity contribution < 1.29 is 17.9 Å². The van der Waals surface area contributed by atoms with E-state index in [2.05, 4.69) is 10.2 Å². The van der Waals surface area contributed by atoms with Crippen LogP contribution in [0, 0.1) is 6.92 Å². The van der Waals surface area contributed by atoms with Gasteiger partial charge in [-0.05, 0) is 49.4 Å². The zero-order valence-electron chi connectivity index (χ0n) is 18.7. The molecule has 1 fully saturated rings. The summed E-state index contributed by atoms with van der Waals surface area (Å²) in [4.78, 5) is 15.3. The van der Waals surface area contributed by atoms with Crippen LogP contribution in [0.5, 0.6) is 0 Å². The number of carbonyl (C=O) groups excluding carboxylic acids is 1. The maximum Gasteiger partial charge on any atom is 0.264 e. The zero-order valence-corrected chi connectivity index (χ0v) is 19.5. The number of carbonyl (C=O) groups is 1. The highest BCUT2D eigenvalue weighted by atomic mass is 32.2. The number of morpholine rings is 1. The number of aryl methyl sites for hydroxylation is 1. The Balaban J connectivity index is 1.57. The maximum absolute atomic E-state index is 13.2. The first-order valence-electron chi connectivity index (χ1n) is 10.7. The Morgan fingerprint density at radius 3 is 2.39 bits per heavy atom. The van der Waals surface area contributed by atoms with Crippen molar-refractivity contribution in [3.05, 3.63) is 83.9 Å². The molecule has 1 N–H and O–H groups in total. The lowest BCUT2D eigenvalue weighted by Gasteiger charge is -2.30. The van der Waals surface area contributed by atoms with Crippen molar-refractivity contribution in [3.63, 3.8) is 0 Å². The quantitative estimate of drug-likeness (QED) is 0.597. The normalized spacial score (nSPS) is 14.1. The molecule has 0 spiro atoms. The summed E-state index contributed by atoms with van der Waals surface area (Å²) < 4.78 is 33.0. The third-order valence-electron chi connectivity index (χ3n) is 5.66. The van der Waals surface area contributed by atoms with Gasteiger partial charge in [0.25, 0.3) is 15.9 Å². The Morgan fingerprint density at radius 1 is 0.970 bits per heavy atom. The largest absolute Gasteiger partial charge is 0.378 e. The minimum Gasteiger partial charge on any atom is -0.378 e. The second-order valence-corrected chi connectivity index (χ2v) is 9.88. The highest BCUT2D eigenvalue weighted by Gasteiger charge is 2.23. The average Bonchev–Trinajstić information content (AvgIpc) is 2.85. The number of nitrogens with one attached hydrogen (secondary N) is 1. The molecule has 8 heteroatoms. The molecule has 33 heavy (non-hydrogen) atoms. The number of para-hydroxylation sites is 2. The van der Waals surface area contributed by atoms with Gasteiger partial charge in [-0.3, -0.25) is 9.10 Å². The van der Waals surface area contributed by atoms with Crippen molar-refractivity contribution in [2.24, 2.45) is 0 Å². The number of rotatable bonds is 6. The Morgan fingerprint density at radius 2 is 1.67 bits per heavy atom. The lowest BCUT2D eigenvalue weighted by molar-refractivity contribution is 0.102. The van der Waals surface area contributed by atoms with E-state index in [0.717, 1.165) is 24.3 Å². The number of hydrogen-bond acceptors (Lipinski definition) is 5. The second-order valence-electron chi connectivity index (χ2n) is 7.91. The SMILES string of the molecule is Cc1ccc(N(C)S(=O)(=O)c2cccc(C(=O)Nc3ccccc3N3CCOCC3)c2)cc1. The molecule has 4 rings (SSSR count). The number of sulfonamides is 1. The lowest BCUT2D eigenvalue weighted by Crippen LogP contribution is -2.36. The van der Waals surface area contributed by atoms with Crippen LogP contribution in [-0.4, -0.2) is 47.7 Å². The lowest BCUT2D eigenvalue weighted by atomic mass is 10.2. The fourth-order valence-corrected chi connectivity index (χ4v) is 4.95. The van der Waals surface area contributed by atoms with Crippen LogP contribution in [0.1, 0.15) is 15.9 Å². The molecule has 1 aliphatic rings. The average molecular weight is 466 g/mol. The van der Waals surface area contributed by atoms with Crippen LogP contribution < -0.4 is 14.5 Å². The van der Waals surface area contributed by atoms with E-state index in [9.17, 15) is 13.2 Å². The van der Waals surface area contributed by atoms with Crippen molar-refractivity contribution >= 4 is 33.0 Å². The number of amides is 1. The van der Waals surface area contributed by atoms with Crippen molar-refractivity contribution in [2.45, 2.75) is 11.8 Å². The fourth-order valence-electron chi connectivity index (χ4n) is 3.70. The molecule has 0 atom stereocenters. The van der Waals surface area contributed by atoms with Crippen LogP contribution in [0.2, 0.25) is 0 Å². The van der Waals surface area contributed by atoms with Gasteiger partial charge in [0.2, 0.25) is 0 Å². The van der Waals surface area contributed by atoms with Gasteiger partial charge in [0.05, 0.1) is 35.2 Å². The molecule has 0 bridgehead atoms. The molecule has 172 valence electrons. The molecule has 7 nitrogen and oxygen atoms in total. The molecule has 1 heterocycles. The molecule has 1 aliphatic heterocycles. The van der Waals surface area contributed by atoms with E-state index in [1.165, 1.54) is 23.5 Å². The molecule has 3 aromatic rings. The highest BCUT2D eigenvalue weighted by Crippen LogP contribution is 2.28. The van der Waals surface area contributed by atoms with E-state index < -0.39 is 10.0 Å². The van der Waals surface area contributed by atoms with Gasteiger partial charge < -0.3 is 15.0 Å². The van der Waals surface area contributed by atoms with Gasteiger partial charge in [-0.25, -0.2) is 8.42 Å². The van der Waals surface area contributed by atoms with E-state index in [1.54, 1.807) is 24.3 Å². The van der Waals surface area contributed by atoms with Crippen LogP contribution in [0.15, 0.2) is 77.7 Å². The molecule has 3 aromatic carbocycles. The molecular weight excluding hydrogens is 438 g/mol. The Bertz CT molecular complexity index is 1240. The monoisotopic (exact) mass is 465 g/mol. The third kappa shape index (κ3) is 5.02. The number of anilines is 3. The number of benzene rings is 3. The summed E-state index contributed by atoms with van der Waals surface area (Å²) in [5, 5.41) is 2.94. The van der Waals surface area contributed by atoms with Gasteiger partial charge in [0.15, 0.2) is 0 Å². The summed E-state index contributed by atoms with van der Waals surface area (Å²) in [5.74, 6) is -0.370. The first kappa shape index (κ1) is 22.8. The predicted octanol–water partition coefficient (Wildman–Crippen LogP) is 3.91. The van der Waals surface area contributed by atoms with Crippen LogP contribution in [-0.2, 0) is 14.8 Å². The van der Waals surface area contributed by atoms with E-state index in [4.69, 9.17) is 4.74 Å². The zero-order chi connectivity index (χ0) is 23.4. The van der Waals surface area contributed by atoms with Crippen LogP contribution >= 0.6 is 0 Å². The molecule has 0 saturated carbocycles. The van der Waals surface area contributed by atoms with E-state index in [1.807, 2.05) is 43.3 Å². The van der Waals surface area contributed by atoms with E-state index in [-0.39, 0.29) is 16.4 Å². The predicted molar refractivity (Wildman–Crippen MR) is 131 cm³/mol. The summed E-state index contributed by atoms with van der Waals surface area (Å²) in [7, 11) is -2.32. The van der Waals surface area contributed by atoms with Crippen LogP contribution in [0.25, 0.3) is 0 Å². The first-order valence-corrected chi connectivity index (χ1v) is 12.2. The van der Waals surface area contributed by atoms with Crippen LogP contribution in [0.4, 0.5) is 17.1 Å². The molecule has 1 amide bonds. The molecule has 0 unspecified atom stereocenters. The van der Waals surface area contributed by atoms with E-state index in [0.29, 0.717) is 24.6 Å². The highest BCUT2D eigenvalue weighted by molar-refractivity contribution is 7.92. The minimum atomic E-state index is -3.83. The Labute approximate surface area is 194 Å². The molecular formula is C25H27N3O4S. The Kier molecular flexibility index (Phi) is 6.67. The van der Waals surface area contributed by atoms with E-state index >= 15 is 0 Å². The standard InChI is InChI=1S/C25H27N3O4S/c1-19-10-12-21(13-11-19)27(2)33(30,31)22-7-5-6-20(18-22)25(29)26-23-8-3-4-9-24(23)28-14-16-32-17-15-28/h3-13,18H,14-17H2,1-2H3,(H,26,29). The van der Waals surface area contributed by atoms with Gasteiger partial charge in [0, 0.05) is 25.7 Å². The molecule has 0 aromatic heterocycles. The Hall–Kier alpha value is -3.36. The van der Waals surface area contributed by atoms with Crippen molar-refractivity contribution in [1.29, 1.82) is 0 Å². The van der Waals surface area contributed by atoms with Gasteiger partial charge in [-0.2, -0.15) is 0 Å². The summed E-state index contributed by atoms with van der Waals surface area (Å²) in [6.07, 6.45) is 0. The van der Waals surface area contributed by atoms with Gasteiger partial charge >= 0.3 is 0 Å². The number of hydrogen-bond donors (Lipinski definition) is 1. The van der Waals surface area contributed by atoms with Gasteiger partial charge in [0.1, 0.15) is 0 Å². The van der Waals surface area contributed by atoms with Gasteiger partial charge in [-0.15, -0.1) is 0 Å². The van der Waals surface area contributed by atoms with Gasteiger partial charge in [-0.1, -0.05) is 35.9 Å². The second kappa shape index (κ2) is 9.64.